The molecule has 0 aliphatic carbocycles. The Morgan fingerprint density at radius 3 is 1.47 bits per heavy atom. The number of benzene rings is 1. The van der Waals surface area contributed by atoms with Crippen LogP contribution in [0.5, 0.6) is 5.75 Å². The Labute approximate surface area is 277 Å². The number of carbonyl (C=O) groups excluding carboxylic acids is 7. The van der Waals surface area contributed by atoms with Crippen LogP contribution in [-0.2, 0) is 24.0 Å². The molecule has 3 saturated heterocycles. The van der Waals surface area contributed by atoms with Gasteiger partial charge in [-0.15, -0.1) is 11.3 Å². The molecular weight excluding hydrogens is 740 g/mol. The summed E-state index contributed by atoms with van der Waals surface area (Å²) < 4.78 is 6.35. The average molecular weight is 764 g/mol. The zero-order chi connectivity index (χ0) is 32.8. The van der Waals surface area contributed by atoms with E-state index in [9.17, 15) is 33.6 Å². The van der Waals surface area contributed by atoms with E-state index in [1.165, 1.54) is 66.4 Å². The summed E-state index contributed by atoms with van der Waals surface area (Å²) in [6, 6.07) is 5.95. The summed E-state index contributed by atoms with van der Waals surface area (Å²) in [6.07, 6.45) is -5.28. The van der Waals surface area contributed by atoms with Gasteiger partial charge in [0.15, 0.2) is 36.3 Å². The molecule has 4 unspecified atom stereocenters. The maximum atomic E-state index is 14.7. The lowest BCUT2D eigenvalue weighted by atomic mass is 10.0. The molecule has 234 valence electrons. The first-order valence-corrected chi connectivity index (χ1v) is 16.0. The van der Waals surface area contributed by atoms with E-state index in [4.69, 9.17) is 4.74 Å². The molecule has 0 spiro atoms. The number of ether oxygens (including phenoxy) is 1. The standard InChI is InChI=1S/C28H24Br2N6O8S/c1-11(37)31-21-22-32(12(2)38)24-26(34(22)14(4)40)36(28(43)20-19(30)17(29)10-45-20)25(33(21)13(3)39)23(31)35(24)27(42)16-8-6-7-9-18(16)44-15(5)41/h6-10,23-26H,1-5H3. The van der Waals surface area contributed by atoms with Gasteiger partial charge in [0.05, 0.1) is 10.0 Å². The van der Waals surface area contributed by atoms with E-state index in [1.54, 1.807) is 17.5 Å². The minimum Gasteiger partial charge on any atom is -0.426 e. The van der Waals surface area contributed by atoms with E-state index in [2.05, 4.69) is 31.9 Å². The monoisotopic (exact) mass is 762 g/mol. The van der Waals surface area contributed by atoms with Crippen LogP contribution in [0.25, 0.3) is 0 Å². The fraction of sp³-hybridized carbons (Fsp3) is 0.321. The van der Waals surface area contributed by atoms with Gasteiger partial charge in [0.25, 0.3) is 11.8 Å². The fourth-order valence-corrected chi connectivity index (χ4v) is 8.60. The summed E-state index contributed by atoms with van der Waals surface area (Å²) in [6.45, 7) is 6.07. The van der Waals surface area contributed by atoms with Crippen molar-refractivity contribution in [2.24, 2.45) is 0 Å². The Hall–Kier alpha value is -4.09. The number of esters is 1. The Morgan fingerprint density at radius 2 is 1.09 bits per heavy atom. The van der Waals surface area contributed by atoms with Crippen LogP contribution >= 0.6 is 43.2 Å². The highest BCUT2D eigenvalue weighted by Gasteiger charge is 2.73. The zero-order valence-corrected chi connectivity index (χ0v) is 28.3. The van der Waals surface area contributed by atoms with Crippen LogP contribution in [0.2, 0.25) is 0 Å². The summed E-state index contributed by atoms with van der Waals surface area (Å²) in [5.41, 5.74) is -0.0746. The van der Waals surface area contributed by atoms with Crippen LogP contribution in [0.3, 0.4) is 0 Å². The maximum Gasteiger partial charge on any atom is 0.308 e. The first kappa shape index (κ1) is 30.9. The van der Waals surface area contributed by atoms with Crippen molar-refractivity contribution in [3.63, 3.8) is 0 Å². The Balaban J connectivity index is 1.69. The number of thiophene rings is 1. The van der Waals surface area contributed by atoms with Crippen molar-refractivity contribution < 1.29 is 38.3 Å². The SMILES string of the molecule is CC(=O)Oc1ccccc1C(=O)N1C2C3N(C(C)=O)C(=C4N(C(C)=O)C1C(N4C(C)=O)N3C(=O)c1scc(Br)c1Br)N2C(C)=O. The number of hydrogen-bond acceptors (Lipinski definition) is 9. The van der Waals surface area contributed by atoms with E-state index >= 15 is 0 Å². The molecule has 1 aromatic carbocycles. The van der Waals surface area contributed by atoms with Gasteiger partial charge < -0.3 is 4.74 Å². The van der Waals surface area contributed by atoms with E-state index in [0.29, 0.717) is 8.95 Å². The molecule has 6 heterocycles. The molecule has 45 heavy (non-hydrogen) atoms. The van der Waals surface area contributed by atoms with Crippen molar-refractivity contribution >= 4 is 84.6 Å². The molecule has 0 N–H and O–H groups in total. The van der Waals surface area contributed by atoms with Crippen LogP contribution in [-0.4, -0.2) is 95.5 Å². The number of piperazine rings is 1. The highest BCUT2D eigenvalue weighted by atomic mass is 79.9. The molecule has 14 nitrogen and oxygen atoms in total. The van der Waals surface area contributed by atoms with Crippen molar-refractivity contribution in [2.45, 2.75) is 59.3 Å². The van der Waals surface area contributed by atoms with Gasteiger partial charge in [0.1, 0.15) is 10.6 Å². The number of carbonyl (C=O) groups is 7. The largest absolute Gasteiger partial charge is 0.426 e. The molecule has 5 aliphatic rings. The van der Waals surface area contributed by atoms with Crippen LogP contribution in [0.4, 0.5) is 0 Å². The second-order valence-corrected chi connectivity index (χ2v) is 13.1. The van der Waals surface area contributed by atoms with E-state index in [0.717, 1.165) is 21.1 Å². The Morgan fingerprint density at radius 1 is 0.667 bits per heavy atom. The molecule has 6 bridgehead atoms. The molecule has 5 aliphatic heterocycles. The van der Waals surface area contributed by atoms with Crippen LogP contribution in [0.15, 0.2) is 50.2 Å². The van der Waals surface area contributed by atoms with Gasteiger partial charge in [0.2, 0.25) is 23.6 Å². The van der Waals surface area contributed by atoms with Crippen molar-refractivity contribution in [1.82, 2.24) is 29.4 Å². The van der Waals surface area contributed by atoms with Crippen molar-refractivity contribution in [2.75, 3.05) is 0 Å². The molecule has 0 radical (unpaired) electrons. The average Bonchev–Trinajstić information content (AvgIpc) is 3.55. The Bertz CT molecular complexity index is 1730. The third-order valence-corrected chi connectivity index (χ3v) is 11.4. The van der Waals surface area contributed by atoms with Crippen LogP contribution in [0.1, 0.15) is 54.6 Å². The van der Waals surface area contributed by atoms with Gasteiger partial charge in [-0.2, -0.15) is 0 Å². The van der Waals surface area contributed by atoms with Gasteiger partial charge >= 0.3 is 5.97 Å². The molecule has 4 atom stereocenters. The lowest BCUT2D eigenvalue weighted by molar-refractivity contribution is -0.158. The van der Waals surface area contributed by atoms with Gasteiger partial charge in [-0.3, -0.25) is 63.0 Å². The molecule has 17 heteroatoms. The summed E-state index contributed by atoms with van der Waals surface area (Å²) in [5, 5.41) is 1.69. The topological polar surface area (TPSA) is 148 Å². The van der Waals surface area contributed by atoms with Crippen LogP contribution in [0, 0.1) is 0 Å². The number of halogens is 2. The van der Waals surface area contributed by atoms with Crippen molar-refractivity contribution in [1.29, 1.82) is 0 Å². The third kappa shape index (κ3) is 4.27. The summed E-state index contributed by atoms with van der Waals surface area (Å²) >= 11 is 7.92. The summed E-state index contributed by atoms with van der Waals surface area (Å²) in [4.78, 5) is 103. The number of para-hydroxylation sites is 1. The molecule has 7 rings (SSSR count). The predicted molar refractivity (Wildman–Crippen MR) is 162 cm³/mol. The van der Waals surface area contributed by atoms with Gasteiger partial charge in [-0.1, -0.05) is 12.1 Å². The molecule has 2 aromatic rings. The summed E-state index contributed by atoms with van der Waals surface area (Å²) in [7, 11) is 0. The number of rotatable bonds is 3. The normalized spacial score (nSPS) is 22.8. The number of amides is 6. The van der Waals surface area contributed by atoms with Gasteiger partial charge in [-0.25, -0.2) is 0 Å². The first-order chi connectivity index (χ1) is 21.2. The maximum absolute atomic E-state index is 14.7. The number of hydrogen-bond donors (Lipinski definition) is 0. The smallest absolute Gasteiger partial charge is 0.308 e. The molecule has 1 aromatic heterocycles. The second-order valence-electron chi connectivity index (χ2n) is 10.6. The van der Waals surface area contributed by atoms with Crippen molar-refractivity contribution in [3.05, 3.63) is 60.7 Å². The lowest BCUT2D eigenvalue weighted by Gasteiger charge is -2.53. The van der Waals surface area contributed by atoms with E-state index in [1.807, 2.05) is 0 Å². The zero-order valence-electron chi connectivity index (χ0n) is 24.3. The summed E-state index contributed by atoms with van der Waals surface area (Å²) in [5.74, 6) is -4.79. The van der Waals surface area contributed by atoms with Gasteiger partial charge in [0, 0.05) is 44.5 Å². The molecule has 6 amide bonds. The third-order valence-electron chi connectivity index (χ3n) is 7.92. The predicted octanol–water partition coefficient (Wildman–Crippen LogP) is 2.66. The molecule has 0 saturated carbocycles. The quantitative estimate of drug-likeness (QED) is 0.343. The Kier molecular flexibility index (Phi) is 7.40. The minimum atomic E-state index is -1.33. The van der Waals surface area contributed by atoms with Crippen LogP contribution < -0.4 is 4.74 Å². The van der Waals surface area contributed by atoms with Crippen molar-refractivity contribution in [3.8, 4) is 5.75 Å². The molecular formula is C28H24Br2N6O8S. The second kappa shape index (κ2) is 10.8. The lowest BCUT2D eigenvalue weighted by Crippen LogP contribution is -2.76. The molecule has 3 fully saturated rings. The highest BCUT2D eigenvalue weighted by molar-refractivity contribution is 9.13. The fourth-order valence-electron chi connectivity index (χ4n) is 6.52. The highest BCUT2D eigenvalue weighted by Crippen LogP contribution is 2.54. The first-order valence-electron chi connectivity index (χ1n) is 13.5. The number of nitrogens with zero attached hydrogens (tertiary/aromatic N) is 6. The van der Waals surface area contributed by atoms with Gasteiger partial charge in [-0.05, 0) is 44.0 Å². The van der Waals surface area contributed by atoms with E-state index < -0.39 is 66.1 Å². The van der Waals surface area contributed by atoms with E-state index in [-0.39, 0.29) is 27.8 Å². The minimum absolute atomic E-state index is 0.0746.